The summed E-state index contributed by atoms with van der Waals surface area (Å²) < 4.78 is 65.8. The second-order valence-corrected chi connectivity index (χ2v) is 10.8. The largest absolute Gasteiger partial charge is 0.409 e. The van der Waals surface area contributed by atoms with E-state index in [2.05, 4.69) is 9.71 Å². The van der Waals surface area contributed by atoms with E-state index < -0.39 is 21.8 Å². The highest BCUT2D eigenvalue weighted by Crippen LogP contribution is 2.29. The van der Waals surface area contributed by atoms with Gasteiger partial charge in [-0.1, -0.05) is 12.1 Å². The molecule has 7 nitrogen and oxygen atoms in total. The molecule has 0 atom stereocenters. The van der Waals surface area contributed by atoms with Gasteiger partial charge in [-0.05, 0) is 55.7 Å². The van der Waals surface area contributed by atoms with Gasteiger partial charge in [0.05, 0.1) is 15.8 Å². The molecule has 186 valence electrons. The first-order valence-corrected chi connectivity index (χ1v) is 13.0. The lowest BCUT2D eigenvalue weighted by Crippen LogP contribution is -2.46. The number of rotatable bonds is 6. The van der Waals surface area contributed by atoms with Crippen LogP contribution >= 0.6 is 11.3 Å². The minimum atomic E-state index is -4.43. The van der Waals surface area contributed by atoms with E-state index >= 15 is 0 Å². The van der Waals surface area contributed by atoms with Crippen LogP contribution in [0.4, 0.5) is 18.9 Å². The van der Waals surface area contributed by atoms with Crippen molar-refractivity contribution in [3.63, 3.8) is 0 Å². The standard InChI is InChI=1S/C23H22F3N3O4S2/c24-23(25,26)10-2-9-22(31)11-13-29(14-12-22)21(30)16-5-7-17(8-6-16)28-35(32,33)19-4-1-3-18-20(19)27-15-34-18/h1-8,10,15,28,31H,9,11-14H2/b10-2+. The number of carbonyl (C=O) groups is 1. The predicted octanol–water partition coefficient (Wildman–Crippen LogP) is 4.57. The van der Waals surface area contributed by atoms with E-state index in [1.165, 1.54) is 46.6 Å². The summed E-state index contributed by atoms with van der Waals surface area (Å²) >= 11 is 1.34. The lowest BCUT2D eigenvalue weighted by atomic mass is 9.88. The molecule has 2 N–H and O–H groups in total. The smallest absolute Gasteiger partial charge is 0.389 e. The summed E-state index contributed by atoms with van der Waals surface area (Å²) in [5, 5.41) is 10.5. The number of amides is 1. The quantitative estimate of drug-likeness (QED) is 0.460. The molecule has 0 radical (unpaired) electrons. The number of aromatic nitrogens is 1. The molecule has 0 spiro atoms. The van der Waals surface area contributed by atoms with E-state index in [-0.39, 0.29) is 54.9 Å². The lowest BCUT2D eigenvalue weighted by molar-refractivity contribution is -0.0805. The highest BCUT2D eigenvalue weighted by atomic mass is 32.2. The number of benzene rings is 2. The van der Waals surface area contributed by atoms with Crippen molar-refractivity contribution in [3.05, 3.63) is 65.7 Å². The number of hydrogen-bond acceptors (Lipinski definition) is 6. The first-order chi connectivity index (χ1) is 16.5. The number of allylic oxidation sites excluding steroid dienone is 1. The Hall–Kier alpha value is -2.96. The van der Waals surface area contributed by atoms with E-state index in [0.717, 1.165) is 10.8 Å². The third kappa shape index (κ3) is 6.00. The monoisotopic (exact) mass is 525 g/mol. The van der Waals surface area contributed by atoms with Crippen molar-refractivity contribution in [2.45, 2.75) is 35.9 Å². The van der Waals surface area contributed by atoms with Crippen molar-refractivity contribution >= 4 is 43.2 Å². The van der Waals surface area contributed by atoms with Crippen LogP contribution in [0, 0.1) is 0 Å². The Labute approximate surface area is 204 Å². The number of carbonyl (C=O) groups excluding carboxylic acids is 1. The number of nitrogens with one attached hydrogen (secondary N) is 1. The van der Waals surface area contributed by atoms with Gasteiger partial charge in [-0.3, -0.25) is 9.52 Å². The number of anilines is 1. The Kier molecular flexibility index (Phi) is 6.89. The summed E-state index contributed by atoms with van der Waals surface area (Å²) in [5.74, 6) is -0.306. The highest BCUT2D eigenvalue weighted by Gasteiger charge is 2.34. The van der Waals surface area contributed by atoms with Crippen molar-refractivity contribution in [1.29, 1.82) is 0 Å². The van der Waals surface area contributed by atoms with Gasteiger partial charge in [0, 0.05) is 30.4 Å². The van der Waals surface area contributed by atoms with Crippen molar-refractivity contribution < 1.29 is 31.5 Å². The van der Waals surface area contributed by atoms with E-state index in [1.807, 2.05) is 0 Å². The summed E-state index contributed by atoms with van der Waals surface area (Å²) in [5.41, 5.74) is 1.27. The Balaban J connectivity index is 1.38. The molecule has 4 rings (SSSR count). The number of nitrogens with zero attached hydrogens (tertiary/aromatic N) is 2. The third-order valence-electron chi connectivity index (χ3n) is 5.78. The van der Waals surface area contributed by atoms with Gasteiger partial charge in [-0.15, -0.1) is 11.3 Å². The van der Waals surface area contributed by atoms with Crippen LogP contribution in [0.1, 0.15) is 29.6 Å². The van der Waals surface area contributed by atoms with E-state index in [1.54, 1.807) is 17.6 Å². The number of likely N-dealkylation sites (tertiary alicyclic amines) is 1. The summed E-state index contributed by atoms with van der Waals surface area (Å²) in [6, 6.07) is 10.9. The SMILES string of the molecule is O=C(c1ccc(NS(=O)(=O)c2cccc3scnc23)cc1)N1CCC(O)(C/C=C/C(F)(F)F)CC1. The van der Waals surface area contributed by atoms with Gasteiger partial charge in [0.15, 0.2) is 0 Å². The zero-order valence-corrected chi connectivity index (χ0v) is 20.0. The average Bonchev–Trinajstić information content (AvgIpc) is 3.27. The molecule has 1 aliphatic heterocycles. The van der Waals surface area contributed by atoms with E-state index in [4.69, 9.17) is 0 Å². The number of thiazole rings is 1. The van der Waals surface area contributed by atoms with Crippen LogP contribution in [0.5, 0.6) is 0 Å². The molecule has 12 heteroatoms. The topological polar surface area (TPSA) is 99.6 Å². The summed E-state index contributed by atoms with van der Waals surface area (Å²) in [4.78, 5) is 18.5. The van der Waals surface area contributed by atoms with Crippen molar-refractivity contribution in [2.24, 2.45) is 0 Å². The first-order valence-electron chi connectivity index (χ1n) is 10.7. The number of hydrogen-bond donors (Lipinski definition) is 2. The molecule has 2 aromatic carbocycles. The number of aliphatic hydroxyl groups is 1. The van der Waals surface area contributed by atoms with Crippen LogP contribution in [0.3, 0.4) is 0 Å². The van der Waals surface area contributed by atoms with Gasteiger partial charge in [0.2, 0.25) is 0 Å². The zero-order valence-electron chi connectivity index (χ0n) is 18.3. The van der Waals surface area contributed by atoms with E-state index in [0.29, 0.717) is 11.1 Å². The van der Waals surface area contributed by atoms with Gasteiger partial charge < -0.3 is 10.0 Å². The maximum Gasteiger partial charge on any atom is 0.409 e. The molecule has 1 amide bonds. The first kappa shape index (κ1) is 25.1. The van der Waals surface area contributed by atoms with Crippen LogP contribution in [-0.2, 0) is 10.0 Å². The normalized spacial score (nSPS) is 16.6. The molecular formula is C23H22F3N3O4S2. The van der Waals surface area contributed by atoms with E-state index in [9.17, 15) is 31.5 Å². The van der Waals surface area contributed by atoms with Crippen molar-refractivity contribution in [1.82, 2.24) is 9.88 Å². The number of alkyl halides is 3. The fraction of sp³-hybridized carbons (Fsp3) is 0.304. The minimum Gasteiger partial charge on any atom is -0.389 e. The number of fused-ring (bicyclic) bond motifs is 1. The molecule has 0 unspecified atom stereocenters. The van der Waals surface area contributed by atoms with Gasteiger partial charge in [-0.2, -0.15) is 13.2 Å². The molecule has 1 aromatic heterocycles. The molecule has 0 aliphatic carbocycles. The Morgan fingerprint density at radius 1 is 1.17 bits per heavy atom. The molecule has 3 aromatic rings. The summed E-state index contributed by atoms with van der Waals surface area (Å²) in [6.45, 7) is 0.391. The highest BCUT2D eigenvalue weighted by molar-refractivity contribution is 7.93. The summed E-state index contributed by atoms with van der Waals surface area (Å²) in [6.07, 6.45) is -3.25. The van der Waals surface area contributed by atoms with Crippen LogP contribution in [0.25, 0.3) is 10.2 Å². The maximum absolute atomic E-state index is 12.9. The van der Waals surface area contributed by atoms with Gasteiger partial charge in [-0.25, -0.2) is 13.4 Å². The molecule has 2 heterocycles. The Morgan fingerprint density at radius 3 is 2.51 bits per heavy atom. The van der Waals surface area contributed by atoms with Crippen molar-refractivity contribution in [3.8, 4) is 0 Å². The summed E-state index contributed by atoms with van der Waals surface area (Å²) in [7, 11) is -3.90. The molecular weight excluding hydrogens is 503 g/mol. The molecule has 35 heavy (non-hydrogen) atoms. The van der Waals surface area contributed by atoms with Crippen LogP contribution < -0.4 is 4.72 Å². The van der Waals surface area contributed by atoms with Gasteiger partial charge in [0.1, 0.15) is 10.4 Å². The zero-order chi connectivity index (χ0) is 25.3. The lowest BCUT2D eigenvalue weighted by Gasteiger charge is -2.37. The van der Waals surface area contributed by atoms with Crippen LogP contribution in [-0.4, -0.2) is 54.2 Å². The van der Waals surface area contributed by atoms with Gasteiger partial charge >= 0.3 is 6.18 Å². The number of halogens is 3. The second kappa shape index (κ2) is 9.59. The Bertz CT molecular complexity index is 1340. The van der Waals surface area contributed by atoms with Crippen LogP contribution in [0.15, 0.2) is 65.0 Å². The third-order valence-corrected chi connectivity index (χ3v) is 7.99. The molecule has 1 saturated heterocycles. The molecule has 0 saturated carbocycles. The predicted molar refractivity (Wildman–Crippen MR) is 127 cm³/mol. The average molecular weight is 526 g/mol. The van der Waals surface area contributed by atoms with Gasteiger partial charge in [0.25, 0.3) is 15.9 Å². The Morgan fingerprint density at radius 2 is 1.86 bits per heavy atom. The fourth-order valence-corrected chi connectivity index (χ4v) is 5.89. The maximum atomic E-state index is 12.9. The van der Waals surface area contributed by atoms with Crippen LogP contribution in [0.2, 0.25) is 0 Å². The number of para-hydroxylation sites is 1. The second-order valence-electron chi connectivity index (χ2n) is 8.30. The molecule has 1 fully saturated rings. The number of sulfonamides is 1. The minimum absolute atomic E-state index is 0.0577. The van der Waals surface area contributed by atoms with Crippen molar-refractivity contribution in [2.75, 3.05) is 17.8 Å². The number of piperidine rings is 1. The fourth-order valence-electron chi connectivity index (χ4n) is 3.89. The molecule has 0 bridgehead atoms. The molecule has 1 aliphatic rings.